The van der Waals surface area contributed by atoms with Gasteiger partial charge in [0.05, 0.1) is 0 Å². The van der Waals surface area contributed by atoms with Gasteiger partial charge in [0, 0.05) is 12.0 Å². The van der Waals surface area contributed by atoms with Crippen LogP contribution < -0.4 is 0 Å². The molecular weight excluding hydrogens is 167 g/mol. The summed E-state index contributed by atoms with van der Waals surface area (Å²) in [7, 11) is -1.31. The van der Waals surface area contributed by atoms with Crippen LogP contribution >= 0.6 is 0 Å². The number of rotatable bonds is 1. The molecule has 0 atom stereocenters. The highest BCUT2D eigenvalue weighted by molar-refractivity contribution is 6.83. The third-order valence-corrected chi connectivity index (χ3v) is 2.52. The number of hydrogen-bond donors (Lipinski definition) is 0. The van der Waals surface area contributed by atoms with E-state index in [-0.39, 0.29) is 11.7 Å². The van der Waals surface area contributed by atoms with E-state index in [1.54, 1.807) is 0 Å². The zero-order valence-corrected chi connectivity index (χ0v) is 8.95. The molecule has 1 aliphatic carbocycles. The van der Waals surface area contributed by atoms with E-state index >= 15 is 0 Å². The maximum absolute atomic E-state index is 12.9. The van der Waals surface area contributed by atoms with Gasteiger partial charge >= 0.3 is 0 Å². The molecular formula is C10H15FSi. The Balaban J connectivity index is 2.49. The Hall–Kier alpha value is -0.553. The second-order valence-electron chi connectivity index (χ2n) is 4.32. The number of hydrogen-bond acceptors (Lipinski definition) is 0. The summed E-state index contributed by atoms with van der Waals surface area (Å²) in [5.74, 6) is 3.02. The quantitative estimate of drug-likeness (QED) is 0.432. The summed E-state index contributed by atoms with van der Waals surface area (Å²) in [6.07, 6.45) is 3.48. The van der Waals surface area contributed by atoms with Crippen molar-refractivity contribution >= 4 is 8.07 Å². The molecule has 0 heterocycles. The molecule has 0 aromatic heterocycles. The van der Waals surface area contributed by atoms with Crippen molar-refractivity contribution in [3.8, 4) is 11.5 Å². The summed E-state index contributed by atoms with van der Waals surface area (Å²) in [4.78, 5) is 0. The molecule has 0 aromatic rings. The molecule has 1 rings (SSSR count). The molecule has 66 valence electrons. The zero-order chi connectivity index (χ0) is 9.19. The van der Waals surface area contributed by atoms with Crippen LogP contribution in [0.2, 0.25) is 19.6 Å². The minimum atomic E-state index is -1.31. The van der Waals surface area contributed by atoms with Crippen LogP contribution in [-0.4, -0.2) is 8.07 Å². The molecule has 0 bridgehead atoms. The van der Waals surface area contributed by atoms with E-state index in [1.807, 2.05) is 0 Å². The Labute approximate surface area is 74.9 Å². The topological polar surface area (TPSA) is 0 Å². The van der Waals surface area contributed by atoms with Gasteiger partial charge in [-0.25, -0.2) is 4.39 Å². The standard InChI is InChI=1S/C10H15FSi/c1-12(2,3)8-4-5-10(11)9-6-7-9/h5,9H,6-7H2,1-3H3. The molecule has 12 heavy (non-hydrogen) atoms. The molecule has 0 aliphatic heterocycles. The first-order valence-electron chi connectivity index (χ1n) is 4.37. The monoisotopic (exact) mass is 182 g/mol. The molecule has 0 aromatic carbocycles. The molecule has 2 heteroatoms. The Kier molecular flexibility index (Phi) is 2.74. The average molecular weight is 182 g/mol. The van der Waals surface area contributed by atoms with Crippen LogP contribution in [0.1, 0.15) is 12.8 Å². The van der Waals surface area contributed by atoms with E-state index in [0.29, 0.717) is 0 Å². The van der Waals surface area contributed by atoms with Crippen LogP contribution in [0.5, 0.6) is 0 Å². The van der Waals surface area contributed by atoms with Crippen LogP contribution in [0.4, 0.5) is 4.39 Å². The fourth-order valence-electron chi connectivity index (χ4n) is 0.798. The van der Waals surface area contributed by atoms with E-state index in [0.717, 1.165) is 12.8 Å². The Bertz CT molecular complexity index is 245. The molecule has 1 aliphatic rings. The van der Waals surface area contributed by atoms with E-state index in [9.17, 15) is 4.39 Å². The van der Waals surface area contributed by atoms with Crippen LogP contribution in [0.25, 0.3) is 0 Å². The van der Waals surface area contributed by atoms with Crippen molar-refractivity contribution in [3.63, 3.8) is 0 Å². The predicted molar refractivity (Wildman–Crippen MR) is 53.0 cm³/mol. The van der Waals surface area contributed by atoms with Crippen molar-refractivity contribution in [2.24, 2.45) is 5.92 Å². The molecule has 0 nitrogen and oxygen atoms in total. The summed E-state index contributed by atoms with van der Waals surface area (Å²) in [6, 6.07) is 0. The zero-order valence-electron chi connectivity index (χ0n) is 7.95. The van der Waals surface area contributed by atoms with Crippen molar-refractivity contribution in [2.75, 3.05) is 0 Å². The minimum Gasteiger partial charge on any atom is -0.211 e. The fourth-order valence-corrected chi connectivity index (χ4v) is 1.30. The Morgan fingerprint density at radius 3 is 2.42 bits per heavy atom. The highest BCUT2D eigenvalue weighted by Gasteiger charge is 2.25. The molecule has 0 spiro atoms. The predicted octanol–water partition coefficient (Wildman–Crippen LogP) is 3.13. The summed E-state index contributed by atoms with van der Waals surface area (Å²) in [5, 5.41) is 0. The van der Waals surface area contributed by atoms with Crippen molar-refractivity contribution < 1.29 is 4.39 Å². The first kappa shape index (κ1) is 9.53. The highest BCUT2D eigenvalue weighted by Crippen LogP contribution is 2.36. The fraction of sp³-hybridized carbons (Fsp3) is 0.600. The lowest BCUT2D eigenvalue weighted by Crippen LogP contribution is -2.16. The third kappa shape index (κ3) is 3.73. The molecule has 0 amide bonds. The van der Waals surface area contributed by atoms with Crippen molar-refractivity contribution in [1.29, 1.82) is 0 Å². The largest absolute Gasteiger partial charge is 0.211 e. The van der Waals surface area contributed by atoms with Crippen LogP contribution in [0, 0.1) is 17.4 Å². The van der Waals surface area contributed by atoms with Gasteiger partial charge in [0.25, 0.3) is 0 Å². The smallest absolute Gasteiger partial charge is 0.129 e. The highest BCUT2D eigenvalue weighted by atomic mass is 28.3. The molecule has 0 saturated heterocycles. The van der Waals surface area contributed by atoms with Gasteiger partial charge in [-0.2, -0.15) is 0 Å². The van der Waals surface area contributed by atoms with E-state index in [4.69, 9.17) is 0 Å². The van der Waals surface area contributed by atoms with Gasteiger partial charge in [0.2, 0.25) is 0 Å². The van der Waals surface area contributed by atoms with Gasteiger partial charge in [-0.1, -0.05) is 25.6 Å². The summed E-state index contributed by atoms with van der Waals surface area (Å²) in [6.45, 7) is 6.47. The SMILES string of the molecule is C[Si](C)(C)C#CC=C(F)C1CC1. The first-order chi connectivity index (χ1) is 5.49. The van der Waals surface area contributed by atoms with E-state index in [2.05, 4.69) is 31.1 Å². The summed E-state index contributed by atoms with van der Waals surface area (Å²) < 4.78 is 12.9. The van der Waals surface area contributed by atoms with E-state index < -0.39 is 8.07 Å². The van der Waals surface area contributed by atoms with E-state index in [1.165, 1.54) is 6.08 Å². The lowest BCUT2D eigenvalue weighted by molar-refractivity contribution is 0.579. The minimum absolute atomic E-state index is 0.0132. The Morgan fingerprint density at radius 2 is 2.00 bits per heavy atom. The maximum atomic E-state index is 12.9. The van der Waals surface area contributed by atoms with Crippen LogP contribution in [-0.2, 0) is 0 Å². The second-order valence-corrected chi connectivity index (χ2v) is 9.07. The van der Waals surface area contributed by atoms with Crippen molar-refractivity contribution in [3.05, 3.63) is 11.9 Å². The van der Waals surface area contributed by atoms with Gasteiger partial charge < -0.3 is 0 Å². The molecule has 0 unspecified atom stereocenters. The van der Waals surface area contributed by atoms with Crippen LogP contribution in [0.3, 0.4) is 0 Å². The van der Waals surface area contributed by atoms with Gasteiger partial charge in [0.1, 0.15) is 13.9 Å². The summed E-state index contributed by atoms with van der Waals surface area (Å²) >= 11 is 0. The normalized spacial score (nSPS) is 18.5. The molecule has 0 radical (unpaired) electrons. The molecule has 0 N–H and O–H groups in total. The van der Waals surface area contributed by atoms with Gasteiger partial charge in [0.15, 0.2) is 0 Å². The number of allylic oxidation sites excluding steroid dienone is 2. The molecule has 1 saturated carbocycles. The average Bonchev–Trinajstić information content (AvgIpc) is 2.64. The van der Waals surface area contributed by atoms with Crippen molar-refractivity contribution in [2.45, 2.75) is 32.5 Å². The first-order valence-corrected chi connectivity index (χ1v) is 7.87. The van der Waals surface area contributed by atoms with Gasteiger partial charge in [-0.3, -0.25) is 0 Å². The van der Waals surface area contributed by atoms with Crippen LogP contribution in [0.15, 0.2) is 11.9 Å². The van der Waals surface area contributed by atoms with Gasteiger partial charge in [-0.05, 0) is 12.8 Å². The second kappa shape index (κ2) is 3.45. The third-order valence-electron chi connectivity index (χ3n) is 1.62. The maximum Gasteiger partial charge on any atom is 0.129 e. The van der Waals surface area contributed by atoms with Gasteiger partial charge in [-0.15, -0.1) is 5.54 Å². The summed E-state index contributed by atoms with van der Waals surface area (Å²) in [5.41, 5.74) is 3.11. The van der Waals surface area contributed by atoms with Crippen molar-refractivity contribution in [1.82, 2.24) is 0 Å². The lowest BCUT2D eigenvalue weighted by atomic mass is 10.3. The lowest BCUT2D eigenvalue weighted by Gasteiger charge is -2.02. The Morgan fingerprint density at radius 1 is 1.42 bits per heavy atom. The number of halogens is 1. The molecule has 1 fully saturated rings.